The van der Waals surface area contributed by atoms with E-state index < -0.39 is 0 Å². The predicted molar refractivity (Wildman–Crippen MR) is 70.9 cm³/mol. The van der Waals surface area contributed by atoms with Crippen molar-refractivity contribution in [3.8, 4) is 0 Å². The monoisotopic (exact) mass is 306 g/mol. The van der Waals surface area contributed by atoms with E-state index in [4.69, 9.17) is 0 Å². The van der Waals surface area contributed by atoms with Gasteiger partial charge in [-0.15, -0.1) is 10.2 Å². The van der Waals surface area contributed by atoms with Gasteiger partial charge in [0.15, 0.2) is 0 Å². The molecule has 0 saturated carbocycles. The van der Waals surface area contributed by atoms with Gasteiger partial charge in [0.05, 0.1) is 10.1 Å². The van der Waals surface area contributed by atoms with Crippen molar-refractivity contribution in [1.82, 2.24) is 10.2 Å². The van der Waals surface area contributed by atoms with E-state index in [9.17, 15) is 0 Å². The molecule has 1 aromatic heterocycles. The lowest BCUT2D eigenvalue weighted by molar-refractivity contribution is 0.678. The highest BCUT2D eigenvalue weighted by molar-refractivity contribution is 9.09. The molecule has 2 heterocycles. The lowest BCUT2D eigenvalue weighted by Gasteiger charge is -2.18. The van der Waals surface area contributed by atoms with Gasteiger partial charge in [-0.05, 0) is 25.0 Å². The van der Waals surface area contributed by atoms with Gasteiger partial charge in [0, 0.05) is 0 Å². The van der Waals surface area contributed by atoms with Crippen molar-refractivity contribution < 1.29 is 0 Å². The molecule has 84 valence electrons. The molecule has 2 rings (SSSR count). The number of nitrogens with zero attached hydrogens (tertiary/aromatic N) is 2. The Labute approximate surface area is 107 Å². The maximum absolute atomic E-state index is 4.33. The maximum atomic E-state index is 4.33. The van der Waals surface area contributed by atoms with E-state index in [1.54, 1.807) is 11.3 Å². The van der Waals surface area contributed by atoms with Crippen molar-refractivity contribution in [2.75, 3.05) is 5.75 Å². The molecule has 0 aromatic carbocycles. The Kier molecular flexibility index (Phi) is 4.46. The van der Waals surface area contributed by atoms with Gasteiger partial charge in [0.25, 0.3) is 0 Å². The quantitative estimate of drug-likeness (QED) is 0.777. The van der Waals surface area contributed by atoms with Crippen LogP contribution in [0.15, 0.2) is 0 Å². The second-order valence-corrected chi connectivity index (χ2v) is 7.17. The largest absolute Gasteiger partial charge is 0.151 e. The van der Waals surface area contributed by atoms with Crippen molar-refractivity contribution in [1.29, 1.82) is 0 Å². The molecule has 0 spiro atoms. The Morgan fingerprint density at radius 2 is 2.33 bits per heavy atom. The minimum Gasteiger partial charge on any atom is -0.151 e. The van der Waals surface area contributed by atoms with Crippen LogP contribution < -0.4 is 0 Å². The molecule has 0 amide bonds. The number of rotatable bonds is 3. The third kappa shape index (κ3) is 2.94. The summed E-state index contributed by atoms with van der Waals surface area (Å²) in [5.41, 5.74) is 0. The lowest BCUT2D eigenvalue weighted by atomic mass is 10.2. The van der Waals surface area contributed by atoms with Crippen molar-refractivity contribution >= 4 is 39.0 Å². The Hall–Kier alpha value is 0.390. The van der Waals surface area contributed by atoms with Crippen LogP contribution in [0.3, 0.4) is 0 Å². The molecule has 2 atom stereocenters. The van der Waals surface area contributed by atoms with E-state index >= 15 is 0 Å². The molecule has 0 aliphatic carbocycles. The molecule has 15 heavy (non-hydrogen) atoms. The molecule has 0 N–H and O–H groups in total. The van der Waals surface area contributed by atoms with Gasteiger partial charge < -0.3 is 0 Å². The summed E-state index contributed by atoms with van der Waals surface area (Å²) in [6.45, 7) is 2.16. The minimum atomic E-state index is 0.386. The molecule has 1 aromatic rings. The summed E-state index contributed by atoms with van der Waals surface area (Å²) in [4.78, 5) is 0.386. The van der Waals surface area contributed by atoms with Crippen molar-refractivity contribution in [3.63, 3.8) is 0 Å². The van der Waals surface area contributed by atoms with Gasteiger partial charge >= 0.3 is 0 Å². The van der Waals surface area contributed by atoms with E-state index in [0.717, 1.165) is 11.4 Å². The van der Waals surface area contributed by atoms with E-state index in [1.807, 2.05) is 11.8 Å². The average molecular weight is 307 g/mol. The SMILES string of the molecule is CCC(Br)c1nnc(C2CCCCS2)s1. The van der Waals surface area contributed by atoms with Crippen molar-refractivity contribution in [2.24, 2.45) is 0 Å². The smallest absolute Gasteiger partial charge is 0.131 e. The molecule has 0 bridgehead atoms. The molecule has 1 aliphatic rings. The standard InChI is InChI=1S/C10H15BrN2S2/c1-2-7(11)9-12-13-10(15-9)8-5-3-4-6-14-8/h7-8H,2-6H2,1H3. The molecule has 1 aliphatic heterocycles. The topological polar surface area (TPSA) is 25.8 Å². The summed E-state index contributed by atoms with van der Waals surface area (Å²) in [5.74, 6) is 1.28. The highest BCUT2D eigenvalue weighted by Gasteiger charge is 2.21. The number of halogens is 1. The molecule has 1 fully saturated rings. The van der Waals surface area contributed by atoms with Crippen molar-refractivity contribution in [2.45, 2.75) is 42.7 Å². The van der Waals surface area contributed by atoms with Crippen LogP contribution in [0.25, 0.3) is 0 Å². The Bertz CT molecular complexity index is 310. The van der Waals surface area contributed by atoms with E-state index in [1.165, 1.54) is 30.0 Å². The second kappa shape index (κ2) is 5.64. The van der Waals surface area contributed by atoms with Crippen LogP contribution >= 0.6 is 39.0 Å². The first-order chi connectivity index (χ1) is 7.31. The van der Waals surface area contributed by atoms with E-state index in [0.29, 0.717) is 10.1 Å². The molecule has 2 nitrogen and oxygen atoms in total. The molecule has 2 unspecified atom stereocenters. The molecule has 1 saturated heterocycles. The highest BCUT2D eigenvalue weighted by atomic mass is 79.9. The number of aromatic nitrogens is 2. The summed E-state index contributed by atoms with van der Waals surface area (Å²) in [6.07, 6.45) is 5.06. The van der Waals surface area contributed by atoms with E-state index in [-0.39, 0.29) is 0 Å². The maximum Gasteiger partial charge on any atom is 0.131 e. The average Bonchev–Trinajstić information content (AvgIpc) is 2.78. The van der Waals surface area contributed by atoms with Crippen LogP contribution in [-0.4, -0.2) is 16.0 Å². The van der Waals surface area contributed by atoms with Crippen LogP contribution in [0, 0.1) is 0 Å². The Morgan fingerprint density at radius 3 is 3.00 bits per heavy atom. The second-order valence-electron chi connectivity index (χ2n) is 3.71. The van der Waals surface area contributed by atoms with Gasteiger partial charge in [-0.3, -0.25) is 0 Å². The van der Waals surface area contributed by atoms with Crippen molar-refractivity contribution in [3.05, 3.63) is 10.0 Å². The Balaban J connectivity index is 2.05. The van der Waals surface area contributed by atoms with Gasteiger partial charge in [-0.25, -0.2) is 0 Å². The molecular weight excluding hydrogens is 292 g/mol. The summed E-state index contributed by atoms with van der Waals surface area (Å²) in [6, 6.07) is 0. The fraction of sp³-hybridized carbons (Fsp3) is 0.800. The zero-order valence-corrected chi connectivity index (χ0v) is 12.0. The zero-order chi connectivity index (χ0) is 10.7. The third-order valence-corrected chi connectivity index (χ3v) is 6.61. The summed E-state index contributed by atoms with van der Waals surface area (Å²) >= 11 is 7.45. The number of hydrogen-bond acceptors (Lipinski definition) is 4. The number of hydrogen-bond donors (Lipinski definition) is 0. The first kappa shape index (κ1) is 11.9. The van der Waals surface area contributed by atoms with Crippen LogP contribution in [-0.2, 0) is 0 Å². The number of alkyl halides is 1. The summed E-state index contributed by atoms with van der Waals surface area (Å²) in [5, 5.41) is 11.6. The predicted octanol–water partition coefficient (Wildman–Crippen LogP) is 4.34. The minimum absolute atomic E-state index is 0.386. The fourth-order valence-electron chi connectivity index (χ4n) is 1.61. The summed E-state index contributed by atoms with van der Waals surface area (Å²) < 4.78 is 0. The highest BCUT2D eigenvalue weighted by Crippen LogP contribution is 2.41. The van der Waals surface area contributed by atoms with Gasteiger partial charge in [0.2, 0.25) is 0 Å². The van der Waals surface area contributed by atoms with Crippen LogP contribution in [0.5, 0.6) is 0 Å². The first-order valence-electron chi connectivity index (χ1n) is 5.40. The zero-order valence-electron chi connectivity index (χ0n) is 8.78. The third-order valence-electron chi connectivity index (χ3n) is 2.54. The summed E-state index contributed by atoms with van der Waals surface area (Å²) in [7, 11) is 0. The molecular formula is C10H15BrN2S2. The normalized spacial score (nSPS) is 24.0. The van der Waals surface area contributed by atoms with Gasteiger partial charge in [-0.2, -0.15) is 11.8 Å². The van der Waals surface area contributed by atoms with Crippen LogP contribution in [0.2, 0.25) is 0 Å². The molecule has 5 heteroatoms. The fourth-order valence-corrected chi connectivity index (χ4v) is 4.43. The van der Waals surface area contributed by atoms with E-state index in [2.05, 4.69) is 33.1 Å². The number of thioether (sulfide) groups is 1. The first-order valence-corrected chi connectivity index (χ1v) is 8.18. The van der Waals surface area contributed by atoms with Gasteiger partial charge in [-0.1, -0.05) is 40.6 Å². The molecule has 0 radical (unpaired) electrons. The lowest BCUT2D eigenvalue weighted by Crippen LogP contribution is -2.01. The van der Waals surface area contributed by atoms with Gasteiger partial charge in [0.1, 0.15) is 10.0 Å². The van der Waals surface area contributed by atoms with Crippen LogP contribution in [0.4, 0.5) is 0 Å². The van der Waals surface area contributed by atoms with Crippen LogP contribution in [0.1, 0.15) is 52.7 Å². The Morgan fingerprint density at radius 1 is 1.47 bits per heavy atom.